The molecule has 0 aromatic heterocycles. The number of carbonyl (C=O) groups excluding carboxylic acids is 1. The van der Waals surface area contributed by atoms with Crippen LogP contribution in [0.4, 0.5) is 0 Å². The van der Waals surface area contributed by atoms with E-state index in [0.29, 0.717) is 11.9 Å². The first kappa shape index (κ1) is 10.9. The van der Waals surface area contributed by atoms with Crippen molar-refractivity contribution in [2.45, 2.75) is 51.5 Å². The number of hydrogen-bond acceptors (Lipinski definition) is 2. The maximum absolute atomic E-state index is 12.3. The van der Waals surface area contributed by atoms with E-state index >= 15 is 0 Å². The molecule has 0 spiro atoms. The average Bonchev–Trinajstić information content (AvgIpc) is 3.00. The second kappa shape index (κ2) is 4.12. The lowest BCUT2D eigenvalue weighted by molar-refractivity contribution is -0.138. The quantitative estimate of drug-likeness (QED) is 0.767. The van der Waals surface area contributed by atoms with Gasteiger partial charge < -0.3 is 10.6 Å². The summed E-state index contributed by atoms with van der Waals surface area (Å²) in [6.45, 7) is 3.93. The van der Waals surface area contributed by atoms with Crippen LogP contribution in [0.2, 0.25) is 0 Å². The fourth-order valence-electron chi connectivity index (χ4n) is 2.64. The molecule has 0 aromatic rings. The van der Waals surface area contributed by atoms with Crippen molar-refractivity contribution in [3.63, 3.8) is 0 Å². The summed E-state index contributed by atoms with van der Waals surface area (Å²) in [4.78, 5) is 14.3. The van der Waals surface area contributed by atoms with Crippen molar-refractivity contribution in [1.82, 2.24) is 4.90 Å². The highest BCUT2D eigenvalue weighted by molar-refractivity contribution is 5.85. The zero-order valence-corrected chi connectivity index (χ0v) is 9.67. The zero-order valence-electron chi connectivity index (χ0n) is 9.67. The van der Waals surface area contributed by atoms with Crippen LogP contribution in [-0.2, 0) is 4.79 Å². The van der Waals surface area contributed by atoms with Crippen LogP contribution in [0.1, 0.15) is 45.4 Å². The Bertz CT molecular complexity index is 240. The first-order valence-corrected chi connectivity index (χ1v) is 6.23. The van der Waals surface area contributed by atoms with Crippen LogP contribution in [0.25, 0.3) is 0 Å². The Morgan fingerprint density at radius 2 is 2.00 bits per heavy atom. The molecule has 15 heavy (non-hydrogen) atoms. The average molecular weight is 210 g/mol. The van der Waals surface area contributed by atoms with Crippen LogP contribution in [0.5, 0.6) is 0 Å². The number of nitrogens with two attached hydrogens (primary N) is 1. The Labute approximate surface area is 92.0 Å². The predicted octanol–water partition coefficient (Wildman–Crippen LogP) is 1.52. The SMILES string of the molecule is CCCC1(C(=O)N2CCC(N)CC2)CC1. The number of hydrogen-bond donors (Lipinski definition) is 1. The zero-order chi connectivity index (χ0) is 10.9. The van der Waals surface area contributed by atoms with E-state index in [1.54, 1.807) is 0 Å². The number of nitrogens with zero attached hydrogens (tertiary/aromatic N) is 1. The van der Waals surface area contributed by atoms with Crippen molar-refractivity contribution >= 4 is 5.91 Å². The van der Waals surface area contributed by atoms with Gasteiger partial charge in [0.25, 0.3) is 0 Å². The van der Waals surface area contributed by atoms with Crippen molar-refractivity contribution < 1.29 is 4.79 Å². The van der Waals surface area contributed by atoms with Crippen molar-refractivity contribution in [3.8, 4) is 0 Å². The minimum atomic E-state index is 0.0518. The molecule has 1 aliphatic carbocycles. The molecule has 0 atom stereocenters. The van der Waals surface area contributed by atoms with Crippen LogP contribution < -0.4 is 5.73 Å². The van der Waals surface area contributed by atoms with E-state index in [1.165, 1.54) is 0 Å². The lowest BCUT2D eigenvalue weighted by atomic mass is 9.96. The Hall–Kier alpha value is -0.570. The minimum absolute atomic E-state index is 0.0518. The molecule has 0 radical (unpaired) electrons. The smallest absolute Gasteiger partial charge is 0.228 e. The second-order valence-electron chi connectivity index (χ2n) is 5.16. The normalized spacial score (nSPS) is 25.3. The molecule has 2 rings (SSSR count). The molecule has 1 aliphatic heterocycles. The van der Waals surface area contributed by atoms with E-state index < -0.39 is 0 Å². The molecule has 86 valence electrons. The summed E-state index contributed by atoms with van der Waals surface area (Å²) in [5.41, 5.74) is 5.89. The van der Waals surface area contributed by atoms with Crippen LogP contribution in [0, 0.1) is 5.41 Å². The number of piperidine rings is 1. The number of amides is 1. The van der Waals surface area contributed by atoms with Crippen LogP contribution in [0.15, 0.2) is 0 Å². The summed E-state index contributed by atoms with van der Waals surface area (Å²) in [5, 5.41) is 0. The highest BCUT2D eigenvalue weighted by Gasteiger charge is 2.50. The van der Waals surface area contributed by atoms with E-state index in [0.717, 1.165) is 51.6 Å². The molecular weight excluding hydrogens is 188 g/mol. The molecule has 0 aromatic carbocycles. The molecule has 0 unspecified atom stereocenters. The van der Waals surface area contributed by atoms with Crippen molar-refractivity contribution in [1.29, 1.82) is 0 Å². The lowest BCUT2D eigenvalue weighted by Gasteiger charge is -2.33. The minimum Gasteiger partial charge on any atom is -0.342 e. The summed E-state index contributed by atoms with van der Waals surface area (Å²) >= 11 is 0. The van der Waals surface area contributed by atoms with E-state index in [9.17, 15) is 4.79 Å². The van der Waals surface area contributed by atoms with Gasteiger partial charge in [0.15, 0.2) is 0 Å². The highest BCUT2D eigenvalue weighted by atomic mass is 16.2. The number of likely N-dealkylation sites (tertiary alicyclic amines) is 1. The summed E-state index contributed by atoms with van der Waals surface area (Å²) in [5.74, 6) is 0.413. The fraction of sp³-hybridized carbons (Fsp3) is 0.917. The van der Waals surface area contributed by atoms with Crippen LogP contribution in [0.3, 0.4) is 0 Å². The van der Waals surface area contributed by atoms with Crippen molar-refractivity contribution in [2.75, 3.05) is 13.1 Å². The Balaban J connectivity index is 1.91. The monoisotopic (exact) mass is 210 g/mol. The second-order valence-corrected chi connectivity index (χ2v) is 5.16. The van der Waals surface area contributed by atoms with Gasteiger partial charge in [-0.2, -0.15) is 0 Å². The van der Waals surface area contributed by atoms with E-state index in [4.69, 9.17) is 5.73 Å². The summed E-state index contributed by atoms with van der Waals surface area (Å²) in [7, 11) is 0. The molecular formula is C12H22N2O. The van der Waals surface area contributed by atoms with E-state index in [2.05, 4.69) is 6.92 Å². The third kappa shape index (κ3) is 2.17. The van der Waals surface area contributed by atoms with Crippen LogP contribution in [-0.4, -0.2) is 29.9 Å². The fourth-order valence-corrected chi connectivity index (χ4v) is 2.64. The maximum atomic E-state index is 12.3. The molecule has 3 heteroatoms. The van der Waals surface area contributed by atoms with Gasteiger partial charge in [-0.25, -0.2) is 0 Å². The maximum Gasteiger partial charge on any atom is 0.228 e. The Morgan fingerprint density at radius 3 is 2.47 bits per heavy atom. The molecule has 0 bridgehead atoms. The molecule has 2 fully saturated rings. The summed E-state index contributed by atoms with van der Waals surface area (Å²) in [6.07, 6.45) is 6.39. The molecule has 2 aliphatic rings. The third-order valence-electron chi connectivity index (χ3n) is 3.86. The van der Waals surface area contributed by atoms with E-state index in [1.807, 2.05) is 4.90 Å². The van der Waals surface area contributed by atoms with Gasteiger partial charge in [-0.3, -0.25) is 4.79 Å². The largest absolute Gasteiger partial charge is 0.342 e. The Morgan fingerprint density at radius 1 is 1.40 bits per heavy atom. The van der Waals surface area contributed by atoms with Gasteiger partial charge in [0.05, 0.1) is 0 Å². The lowest BCUT2D eigenvalue weighted by Crippen LogP contribution is -2.45. The third-order valence-corrected chi connectivity index (χ3v) is 3.86. The van der Waals surface area contributed by atoms with Crippen molar-refractivity contribution in [3.05, 3.63) is 0 Å². The van der Waals surface area contributed by atoms with Crippen molar-refractivity contribution in [2.24, 2.45) is 11.1 Å². The van der Waals surface area contributed by atoms with Gasteiger partial charge in [-0.15, -0.1) is 0 Å². The van der Waals surface area contributed by atoms with Gasteiger partial charge in [-0.1, -0.05) is 13.3 Å². The predicted molar refractivity (Wildman–Crippen MR) is 60.4 cm³/mol. The first-order valence-electron chi connectivity index (χ1n) is 6.23. The molecule has 1 saturated carbocycles. The molecule has 3 nitrogen and oxygen atoms in total. The molecule has 1 amide bonds. The van der Waals surface area contributed by atoms with Gasteiger partial charge in [0, 0.05) is 24.5 Å². The number of carbonyl (C=O) groups is 1. The first-order chi connectivity index (χ1) is 7.18. The van der Waals surface area contributed by atoms with E-state index in [-0.39, 0.29) is 5.41 Å². The number of rotatable bonds is 3. The van der Waals surface area contributed by atoms with Gasteiger partial charge in [0.2, 0.25) is 5.91 Å². The topological polar surface area (TPSA) is 46.3 Å². The summed E-state index contributed by atoms with van der Waals surface area (Å²) < 4.78 is 0. The summed E-state index contributed by atoms with van der Waals surface area (Å²) in [6, 6.07) is 0.315. The van der Waals surface area contributed by atoms with Gasteiger partial charge >= 0.3 is 0 Å². The molecule has 2 N–H and O–H groups in total. The van der Waals surface area contributed by atoms with Gasteiger partial charge in [-0.05, 0) is 32.1 Å². The standard InChI is InChI=1S/C12H22N2O/c1-2-5-12(6-7-12)11(15)14-8-3-10(13)4-9-14/h10H,2-9,13H2,1H3. The molecule has 1 heterocycles. The Kier molecular flexibility index (Phi) is 3.01. The molecule has 1 saturated heterocycles. The highest BCUT2D eigenvalue weighted by Crippen LogP contribution is 2.51. The van der Waals surface area contributed by atoms with Crippen LogP contribution >= 0.6 is 0 Å². The van der Waals surface area contributed by atoms with Gasteiger partial charge in [0.1, 0.15) is 0 Å².